The number of benzene rings is 1. The van der Waals surface area contributed by atoms with Crippen LogP contribution in [0.5, 0.6) is 0 Å². The monoisotopic (exact) mass is 285 g/mol. The lowest BCUT2D eigenvalue weighted by molar-refractivity contribution is 0.686. The molecule has 0 saturated carbocycles. The Morgan fingerprint density at radius 2 is 2.12 bits per heavy atom. The normalized spacial score (nSPS) is 20.4. The van der Waals surface area contributed by atoms with Gasteiger partial charge in [0.15, 0.2) is 0 Å². The summed E-state index contributed by atoms with van der Waals surface area (Å²) in [6.07, 6.45) is 2.12. The summed E-state index contributed by atoms with van der Waals surface area (Å²) in [6.45, 7) is 2.14. The molecule has 1 nitrogen and oxygen atoms in total. The Morgan fingerprint density at radius 1 is 1.29 bits per heavy atom. The summed E-state index contributed by atoms with van der Waals surface area (Å²) >= 11 is 6.01. The molecule has 1 aromatic carbocycles. The highest BCUT2D eigenvalue weighted by atomic mass is 32.2. The van der Waals surface area contributed by atoms with E-state index in [4.69, 9.17) is 0 Å². The summed E-state index contributed by atoms with van der Waals surface area (Å²) in [5.74, 6) is 3.96. The van der Waals surface area contributed by atoms with Crippen molar-refractivity contribution in [2.24, 2.45) is 0 Å². The van der Waals surface area contributed by atoms with Crippen molar-refractivity contribution >= 4 is 35.3 Å². The molecule has 94 valence electrons. The molecule has 0 aromatic heterocycles. The van der Waals surface area contributed by atoms with Crippen molar-refractivity contribution in [1.82, 2.24) is 5.32 Å². The van der Waals surface area contributed by atoms with Crippen LogP contribution in [0.2, 0.25) is 0 Å². The zero-order valence-corrected chi connectivity index (χ0v) is 12.6. The Kier molecular flexibility index (Phi) is 6.12. The highest BCUT2D eigenvalue weighted by molar-refractivity contribution is 8.06. The molecule has 0 radical (unpaired) electrons. The van der Waals surface area contributed by atoms with Crippen molar-refractivity contribution in [3.63, 3.8) is 0 Å². The van der Waals surface area contributed by atoms with Gasteiger partial charge in [0, 0.05) is 40.5 Å². The molecule has 1 heterocycles. The van der Waals surface area contributed by atoms with Gasteiger partial charge in [0.05, 0.1) is 0 Å². The van der Waals surface area contributed by atoms with Gasteiger partial charge in [0.2, 0.25) is 0 Å². The standard InChI is InChI=1S/C13H19NS3/c1-15-12-4-2-11(3-5-12)8-14-9-13-10-16-6-7-17-13/h2-5,13-14H,6-10H2,1H3. The molecule has 1 aromatic rings. The van der Waals surface area contributed by atoms with Gasteiger partial charge in [-0.1, -0.05) is 12.1 Å². The van der Waals surface area contributed by atoms with Crippen LogP contribution in [-0.2, 0) is 6.54 Å². The zero-order valence-electron chi connectivity index (χ0n) is 10.1. The molecule has 2 rings (SSSR count). The molecule has 17 heavy (non-hydrogen) atoms. The minimum atomic E-state index is 0.805. The molecule has 4 heteroatoms. The molecule has 1 aliphatic heterocycles. The maximum absolute atomic E-state index is 3.57. The largest absolute Gasteiger partial charge is 0.312 e. The lowest BCUT2D eigenvalue weighted by Crippen LogP contribution is -2.28. The Bertz CT molecular complexity index is 320. The highest BCUT2D eigenvalue weighted by Crippen LogP contribution is 2.23. The van der Waals surface area contributed by atoms with Gasteiger partial charge in [-0.15, -0.1) is 11.8 Å². The quantitative estimate of drug-likeness (QED) is 0.832. The first-order valence-corrected chi connectivity index (χ1v) is 9.34. The summed E-state index contributed by atoms with van der Waals surface area (Å²) in [7, 11) is 0. The van der Waals surface area contributed by atoms with Crippen LogP contribution in [0.3, 0.4) is 0 Å². The van der Waals surface area contributed by atoms with Gasteiger partial charge in [0.1, 0.15) is 0 Å². The second kappa shape index (κ2) is 7.62. The zero-order chi connectivity index (χ0) is 11.9. The SMILES string of the molecule is CSc1ccc(CNCC2CSCCS2)cc1. The number of nitrogens with one attached hydrogen (secondary N) is 1. The Hall–Kier alpha value is 0.230. The van der Waals surface area contributed by atoms with E-state index in [1.54, 1.807) is 11.8 Å². The van der Waals surface area contributed by atoms with E-state index in [9.17, 15) is 0 Å². The van der Waals surface area contributed by atoms with E-state index in [1.165, 1.54) is 27.7 Å². The van der Waals surface area contributed by atoms with Crippen LogP contribution >= 0.6 is 35.3 Å². The van der Waals surface area contributed by atoms with Gasteiger partial charge in [0.25, 0.3) is 0 Å². The van der Waals surface area contributed by atoms with E-state index >= 15 is 0 Å². The molecule has 1 unspecified atom stereocenters. The van der Waals surface area contributed by atoms with Gasteiger partial charge in [-0.25, -0.2) is 0 Å². The van der Waals surface area contributed by atoms with Crippen LogP contribution in [0.15, 0.2) is 29.2 Å². The third kappa shape index (κ3) is 4.78. The van der Waals surface area contributed by atoms with Crippen molar-refractivity contribution in [3.8, 4) is 0 Å². The molecule has 1 fully saturated rings. The summed E-state index contributed by atoms with van der Waals surface area (Å²) < 4.78 is 0. The number of rotatable bonds is 5. The smallest absolute Gasteiger partial charge is 0.0263 e. The average molecular weight is 286 g/mol. The molecule has 0 amide bonds. The van der Waals surface area contributed by atoms with E-state index in [-0.39, 0.29) is 0 Å². The Labute approximate surface area is 117 Å². The van der Waals surface area contributed by atoms with E-state index in [0.717, 1.165) is 18.3 Å². The third-order valence-corrected chi connectivity index (χ3v) is 6.33. The molecular formula is C13H19NS3. The maximum atomic E-state index is 3.57. The first-order chi connectivity index (χ1) is 8.38. The van der Waals surface area contributed by atoms with Gasteiger partial charge in [-0.2, -0.15) is 23.5 Å². The molecule has 0 bridgehead atoms. The lowest BCUT2D eigenvalue weighted by Gasteiger charge is -2.21. The van der Waals surface area contributed by atoms with Crippen molar-refractivity contribution in [3.05, 3.63) is 29.8 Å². The van der Waals surface area contributed by atoms with Crippen LogP contribution in [0, 0.1) is 0 Å². The lowest BCUT2D eigenvalue weighted by atomic mass is 10.2. The molecule has 1 N–H and O–H groups in total. The summed E-state index contributed by atoms with van der Waals surface area (Å²) in [4.78, 5) is 1.34. The second-order valence-electron chi connectivity index (χ2n) is 4.05. The number of thioether (sulfide) groups is 3. The molecule has 0 spiro atoms. The van der Waals surface area contributed by atoms with E-state index in [1.807, 2.05) is 0 Å². The molecular weight excluding hydrogens is 266 g/mol. The Morgan fingerprint density at radius 3 is 2.76 bits per heavy atom. The third-order valence-electron chi connectivity index (χ3n) is 2.75. The minimum Gasteiger partial charge on any atom is -0.312 e. The highest BCUT2D eigenvalue weighted by Gasteiger charge is 2.13. The van der Waals surface area contributed by atoms with Gasteiger partial charge in [-0.3, -0.25) is 0 Å². The second-order valence-corrected chi connectivity index (χ2v) is 7.48. The predicted octanol–water partition coefficient (Wildman–Crippen LogP) is 3.35. The Balaban J connectivity index is 1.69. The topological polar surface area (TPSA) is 12.0 Å². The van der Waals surface area contributed by atoms with Crippen molar-refractivity contribution in [2.45, 2.75) is 16.7 Å². The van der Waals surface area contributed by atoms with E-state index in [2.05, 4.69) is 59.4 Å². The fourth-order valence-electron chi connectivity index (χ4n) is 1.78. The number of hydrogen-bond donors (Lipinski definition) is 1. The first-order valence-electron chi connectivity index (χ1n) is 5.91. The summed E-state index contributed by atoms with van der Waals surface area (Å²) in [5.41, 5.74) is 1.39. The molecule has 0 aliphatic carbocycles. The van der Waals surface area contributed by atoms with E-state index < -0.39 is 0 Å². The molecule has 1 atom stereocenters. The maximum Gasteiger partial charge on any atom is 0.0263 e. The van der Waals surface area contributed by atoms with Crippen LogP contribution in [0.1, 0.15) is 5.56 Å². The van der Waals surface area contributed by atoms with Crippen LogP contribution in [0.25, 0.3) is 0 Å². The van der Waals surface area contributed by atoms with Gasteiger partial charge >= 0.3 is 0 Å². The van der Waals surface area contributed by atoms with Crippen LogP contribution < -0.4 is 5.32 Å². The van der Waals surface area contributed by atoms with Gasteiger partial charge in [-0.05, 0) is 24.0 Å². The van der Waals surface area contributed by atoms with Crippen LogP contribution in [0.4, 0.5) is 0 Å². The van der Waals surface area contributed by atoms with E-state index in [0.29, 0.717) is 0 Å². The van der Waals surface area contributed by atoms with Crippen molar-refractivity contribution in [2.75, 3.05) is 30.1 Å². The number of hydrogen-bond acceptors (Lipinski definition) is 4. The van der Waals surface area contributed by atoms with Crippen LogP contribution in [-0.4, -0.2) is 35.3 Å². The summed E-state index contributed by atoms with van der Waals surface area (Å²) in [6, 6.07) is 8.85. The average Bonchev–Trinajstić information content (AvgIpc) is 2.41. The predicted molar refractivity (Wildman–Crippen MR) is 83.5 cm³/mol. The first kappa shape index (κ1) is 13.7. The molecule has 1 saturated heterocycles. The summed E-state index contributed by atoms with van der Waals surface area (Å²) in [5, 5.41) is 4.37. The fraction of sp³-hybridized carbons (Fsp3) is 0.538. The van der Waals surface area contributed by atoms with Crippen molar-refractivity contribution in [1.29, 1.82) is 0 Å². The van der Waals surface area contributed by atoms with Crippen molar-refractivity contribution < 1.29 is 0 Å². The van der Waals surface area contributed by atoms with Gasteiger partial charge < -0.3 is 5.32 Å². The minimum absolute atomic E-state index is 0.805. The molecule has 1 aliphatic rings. The fourth-order valence-corrected chi connectivity index (χ4v) is 4.83.